The zero-order valence-corrected chi connectivity index (χ0v) is 35.1. The molecule has 0 aliphatic carbocycles. The molecule has 0 N–H and O–H groups in total. The second-order valence-electron chi connectivity index (χ2n) is 14.8. The molecule has 0 heterocycles. The number of unbranched alkanes of at least 4 members (excludes halogenated alkanes) is 17. The first-order valence-corrected chi connectivity index (χ1v) is 21.7. The molecular formula is C48H71NO7. The van der Waals surface area contributed by atoms with E-state index in [1.807, 2.05) is 42.5 Å². The van der Waals surface area contributed by atoms with Crippen LogP contribution in [0, 0.1) is 0 Å². The monoisotopic (exact) mass is 774 g/mol. The first-order chi connectivity index (χ1) is 27.5. The molecule has 3 aromatic carbocycles. The molecule has 0 amide bonds. The predicted molar refractivity (Wildman–Crippen MR) is 229 cm³/mol. The lowest BCUT2D eigenvalue weighted by atomic mass is 10.1. The van der Waals surface area contributed by atoms with Crippen LogP contribution in [0.15, 0.2) is 66.7 Å². The third-order valence-corrected chi connectivity index (χ3v) is 10.1. The van der Waals surface area contributed by atoms with Gasteiger partial charge in [-0.25, -0.2) is 9.59 Å². The van der Waals surface area contributed by atoms with Crippen LogP contribution in [0.5, 0.6) is 17.2 Å². The van der Waals surface area contributed by atoms with Gasteiger partial charge in [0, 0.05) is 36.1 Å². The number of carbonyl (C=O) groups excluding carboxylic acids is 2. The van der Waals surface area contributed by atoms with Crippen molar-refractivity contribution in [3.05, 3.63) is 77.9 Å². The van der Waals surface area contributed by atoms with E-state index in [1.54, 1.807) is 24.3 Å². The van der Waals surface area contributed by atoms with Gasteiger partial charge < -0.3 is 28.6 Å². The van der Waals surface area contributed by atoms with Crippen LogP contribution < -0.4 is 19.1 Å². The summed E-state index contributed by atoms with van der Waals surface area (Å²) in [7, 11) is 2.76. The summed E-state index contributed by atoms with van der Waals surface area (Å²) in [6, 6.07) is 20.8. The fraction of sp³-hybridized carbons (Fsp3) is 0.583. The maximum absolute atomic E-state index is 12.0. The molecule has 3 rings (SSSR count). The Labute approximate surface area is 338 Å². The fourth-order valence-corrected chi connectivity index (χ4v) is 6.76. The summed E-state index contributed by atoms with van der Waals surface area (Å²) in [5.74, 6) is 1.69. The van der Waals surface area contributed by atoms with Crippen molar-refractivity contribution in [3.8, 4) is 17.2 Å². The van der Waals surface area contributed by atoms with E-state index < -0.39 is 0 Å². The number of rotatable bonds is 32. The Kier molecular flexibility index (Phi) is 24.0. The molecule has 8 nitrogen and oxygen atoms in total. The van der Waals surface area contributed by atoms with Gasteiger partial charge in [0.25, 0.3) is 0 Å². The summed E-state index contributed by atoms with van der Waals surface area (Å²) in [5, 5.41) is 0. The van der Waals surface area contributed by atoms with Crippen LogP contribution in [-0.2, 0) is 9.47 Å². The molecule has 8 heteroatoms. The Balaban J connectivity index is 1.50. The smallest absolute Gasteiger partial charge is 0.337 e. The molecular weight excluding hydrogens is 703 g/mol. The van der Waals surface area contributed by atoms with E-state index in [9.17, 15) is 9.59 Å². The van der Waals surface area contributed by atoms with Crippen LogP contribution >= 0.6 is 0 Å². The Morgan fingerprint density at radius 1 is 0.429 bits per heavy atom. The molecule has 3 aromatic rings. The SMILES string of the molecule is CCCCCCCCCCOc1cc(OCCCCCCCCCC)cc(OCCCCCCN(c2ccc(C(=O)OC)cc2)c2ccc(C(=O)OC)cc2)c1. The summed E-state index contributed by atoms with van der Waals surface area (Å²) >= 11 is 0. The van der Waals surface area contributed by atoms with E-state index in [0.29, 0.717) is 30.9 Å². The van der Waals surface area contributed by atoms with Gasteiger partial charge in [-0.2, -0.15) is 0 Å². The van der Waals surface area contributed by atoms with Crippen molar-refractivity contribution >= 4 is 23.3 Å². The summed E-state index contributed by atoms with van der Waals surface area (Å²) in [6.07, 6.45) is 24.3. The molecule has 0 saturated carbocycles. The molecule has 0 aromatic heterocycles. The quantitative estimate of drug-likeness (QED) is 0.0458. The number of benzene rings is 3. The Bertz CT molecular complexity index is 1370. The lowest BCUT2D eigenvalue weighted by Gasteiger charge is -2.25. The van der Waals surface area contributed by atoms with Crippen molar-refractivity contribution in [2.45, 2.75) is 142 Å². The van der Waals surface area contributed by atoms with Crippen LogP contribution in [0.25, 0.3) is 0 Å². The minimum absolute atomic E-state index is 0.367. The molecule has 0 saturated heterocycles. The van der Waals surface area contributed by atoms with E-state index >= 15 is 0 Å². The summed E-state index contributed by atoms with van der Waals surface area (Å²) < 4.78 is 28.5. The molecule has 56 heavy (non-hydrogen) atoms. The number of hydrogen-bond acceptors (Lipinski definition) is 8. The van der Waals surface area contributed by atoms with E-state index in [2.05, 4.69) is 18.7 Å². The highest BCUT2D eigenvalue weighted by Gasteiger charge is 2.13. The average Bonchev–Trinajstić information content (AvgIpc) is 3.23. The second kappa shape index (κ2) is 29.1. The van der Waals surface area contributed by atoms with Gasteiger partial charge in [-0.3, -0.25) is 0 Å². The Hall–Kier alpha value is -4.20. The number of methoxy groups -OCH3 is 2. The zero-order chi connectivity index (χ0) is 40.1. The van der Waals surface area contributed by atoms with Gasteiger partial charge in [0.05, 0.1) is 45.2 Å². The molecule has 0 aliphatic rings. The van der Waals surface area contributed by atoms with Gasteiger partial charge in [0.2, 0.25) is 0 Å². The lowest BCUT2D eigenvalue weighted by Crippen LogP contribution is -2.19. The topological polar surface area (TPSA) is 83.5 Å². The second-order valence-corrected chi connectivity index (χ2v) is 14.8. The number of hydrogen-bond donors (Lipinski definition) is 0. The molecule has 310 valence electrons. The zero-order valence-electron chi connectivity index (χ0n) is 35.1. The molecule has 0 unspecified atom stereocenters. The largest absolute Gasteiger partial charge is 0.493 e. The van der Waals surface area contributed by atoms with Crippen molar-refractivity contribution in [1.82, 2.24) is 0 Å². The van der Waals surface area contributed by atoms with Crippen molar-refractivity contribution in [2.75, 3.05) is 45.5 Å². The first kappa shape index (κ1) is 46.2. The first-order valence-electron chi connectivity index (χ1n) is 21.7. The van der Waals surface area contributed by atoms with E-state index in [0.717, 1.165) is 73.7 Å². The molecule has 0 atom stereocenters. The lowest BCUT2D eigenvalue weighted by molar-refractivity contribution is 0.0592. The summed E-state index contributed by atoms with van der Waals surface area (Å²) in [6.45, 7) is 7.33. The van der Waals surface area contributed by atoms with Crippen molar-refractivity contribution in [3.63, 3.8) is 0 Å². The summed E-state index contributed by atoms with van der Waals surface area (Å²) in [5.41, 5.74) is 2.91. The summed E-state index contributed by atoms with van der Waals surface area (Å²) in [4.78, 5) is 26.2. The number of nitrogens with zero attached hydrogens (tertiary/aromatic N) is 1. The third kappa shape index (κ3) is 18.6. The van der Waals surface area contributed by atoms with E-state index in [1.165, 1.54) is 104 Å². The average molecular weight is 774 g/mol. The molecule has 0 spiro atoms. The fourth-order valence-electron chi connectivity index (χ4n) is 6.76. The van der Waals surface area contributed by atoms with Crippen LogP contribution in [0.2, 0.25) is 0 Å². The highest BCUT2D eigenvalue weighted by Crippen LogP contribution is 2.30. The van der Waals surface area contributed by atoms with Crippen molar-refractivity contribution in [2.24, 2.45) is 0 Å². The molecule has 0 bridgehead atoms. The Morgan fingerprint density at radius 2 is 0.732 bits per heavy atom. The van der Waals surface area contributed by atoms with Gasteiger partial charge in [0.15, 0.2) is 0 Å². The highest BCUT2D eigenvalue weighted by molar-refractivity contribution is 5.90. The number of esters is 2. The molecule has 0 radical (unpaired) electrons. The van der Waals surface area contributed by atoms with E-state index in [-0.39, 0.29) is 11.9 Å². The van der Waals surface area contributed by atoms with E-state index in [4.69, 9.17) is 23.7 Å². The van der Waals surface area contributed by atoms with Crippen LogP contribution in [0.1, 0.15) is 163 Å². The third-order valence-electron chi connectivity index (χ3n) is 10.1. The van der Waals surface area contributed by atoms with Crippen LogP contribution in [-0.4, -0.2) is 52.5 Å². The van der Waals surface area contributed by atoms with Crippen molar-refractivity contribution < 1.29 is 33.3 Å². The van der Waals surface area contributed by atoms with Crippen molar-refractivity contribution in [1.29, 1.82) is 0 Å². The predicted octanol–water partition coefficient (Wildman–Crippen LogP) is 13.1. The number of anilines is 2. The maximum Gasteiger partial charge on any atom is 0.337 e. The van der Waals surface area contributed by atoms with Gasteiger partial charge >= 0.3 is 11.9 Å². The number of carbonyl (C=O) groups is 2. The van der Waals surface area contributed by atoms with Crippen LogP contribution in [0.4, 0.5) is 11.4 Å². The number of ether oxygens (including phenoxy) is 5. The minimum Gasteiger partial charge on any atom is -0.493 e. The maximum atomic E-state index is 12.0. The molecule has 0 fully saturated rings. The minimum atomic E-state index is -0.367. The normalized spacial score (nSPS) is 10.9. The standard InChI is InChI=1S/C48H71NO7/c1-5-7-9-11-13-15-18-22-34-54-44-37-45(55-35-23-19-16-14-12-10-8-6-2)39-46(38-44)56-36-24-20-17-21-33-49(42-29-25-40(26-30-42)47(50)52-3)43-31-27-41(28-32-43)48(51)53-4/h25-32,37-39H,5-24,33-36H2,1-4H3. The van der Waals surface area contributed by atoms with Gasteiger partial charge in [-0.1, -0.05) is 117 Å². The van der Waals surface area contributed by atoms with Crippen LogP contribution in [0.3, 0.4) is 0 Å². The van der Waals surface area contributed by atoms with Gasteiger partial charge in [0.1, 0.15) is 17.2 Å². The Morgan fingerprint density at radius 3 is 1.05 bits per heavy atom. The van der Waals surface area contributed by atoms with Gasteiger partial charge in [-0.05, 0) is 74.2 Å². The molecule has 0 aliphatic heterocycles. The van der Waals surface area contributed by atoms with Gasteiger partial charge in [-0.15, -0.1) is 0 Å². The highest BCUT2D eigenvalue weighted by atomic mass is 16.5.